The van der Waals surface area contributed by atoms with E-state index in [9.17, 15) is 4.79 Å². The number of hydrogen-bond donors (Lipinski definition) is 2. The number of rotatable bonds is 2. The number of aromatic amines is 1. The van der Waals surface area contributed by atoms with Crippen LogP contribution in [0.4, 0.5) is 0 Å². The van der Waals surface area contributed by atoms with Crippen molar-refractivity contribution in [2.24, 2.45) is 0 Å². The van der Waals surface area contributed by atoms with Gasteiger partial charge in [0.15, 0.2) is 0 Å². The number of H-pyrrole nitrogens is 1. The lowest BCUT2D eigenvalue weighted by atomic mass is 9.80. The molecule has 3 heterocycles. The van der Waals surface area contributed by atoms with Crippen LogP contribution in [0.5, 0.6) is 0 Å². The van der Waals surface area contributed by atoms with Gasteiger partial charge in [-0.2, -0.15) is 0 Å². The summed E-state index contributed by atoms with van der Waals surface area (Å²) in [5.74, 6) is 0.118. The van der Waals surface area contributed by atoms with Crippen LogP contribution in [0.3, 0.4) is 0 Å². The molecule has 2 N–H and O–H groups in total. The van der Waals surface area contributed by atoms with Gasteiger partial charge in [0.2, 0.25) is 0 Å². The van der Waals surface area contributed by atoms with E-state index >= 15 is 0 Å². The van der Waals surface area contributed by atoms with Gasteiger partial charge in [0.1, 0.15) is 0 Å². The molecular formula is C23H24N4O. The van der Waals surface area contributed by atoms with Crippen molar-refractivity contribution >= 4 is 5.91 Å². The van der Waals surface area contributed by atoms with E-state index in [-0.39, 0.29) is 11.4 Å². The Bertz CT molecular complexity index is 969. The zero-order chi connectivity index (χ0) is 19.0. The molecule has 1 fully saturated rings. The second kappa shape index (κ2) is 6.91. The summed E-state index contributed by atoms with van der Waals surface area (Å²) in [6, 6.07) is 18.2. The highest BCUT2D eigenvalue weighted by Gasteiger charge is 2.42. The lowest BCUT2D eigenvalue weighted by molar-refractivity contribution is 0.0626. The number of aromatic nitrogens is 2. The molecular weight excluding hydrogens is 348 g/mol. The summed E-state index contributed by atoms with van der Waals surface area (Å²) < 4.78 is 0. The Morgan fingerprint density at radius 2 is 1.68 bits per heavy atom. The molecule has 0 bridgehead atoms. The van der Waals surface area contributed by atoms with Crippen molar-refractivity contribution in [2.45, 2.75) is 24.8 Å². The number of fused-ring (bicyclic) bond motifs is 2. The Morgan fingerprint density at radius 1 is 0.964 bits per heavy atom. The van der Waals surface area contributed by atoms with Crippen molar-refractivity contribution in [3.05, 3.63) is 77.9 Å². The number of hydrogen-bond acceptors (Lipinski definition) is 3. The standard InChI is InChI=1S/C23H24N4O/c28-22(19-8-6-18(7-9-19)17-4-2-1-3-5-17)27-14-11-23(12-15-27)21-20(10-13-26-23)24-16-25-21/h1-9,16,26H,10-15H2,(H,24,25). The first kappa shape index (κ1) is 17.2. The highest BCUT2D eigenvalue weighted by molar-refractivity contribution is 5.94. The maximum absolute atomic E-state index is 13.0. The molecule has 0 radical (unpaired) electrons. The Hall–Kier alpha value is -2.92. The third-order valence-electron chi connectivity index (χ3n) is 6.15. The van der Waals surface area contributed by atoms with E-state index < -0.39 is 0 Å². The Morgan fingerprint density at radius 3 is 2.43 bits per heavy atom. The van der Waals surface area contributed by atoms with E-state index in [2.05, 4.69) is 27.4 Å². The average Bonchev–Trinajstić information content (AvgIpc) is 3.25. The zero-order valence-corrected chi connectivity index (χ0v) is 15.8. The number of nitrogens with zero attached hydrogens (tertiary/aromatic N) is 2. The molecule has 0 atom stereocenters. The molecule has 1 saturated heterocycles. The van der Waals surface area contributed by atoms with Gasteiger partial charge in [-0.25, -0.2) is 4.98 Å². The van der Waals surface area contributed by atoms with Crippen molar-refractivity contribution in [1.82, 2.24) is 20.2 Å². The molecule has 142 valence electrons. The molecule has 3 aromatic rings. The summed E-state index contributed by atoms with van der Waals surface area (Å²) >= 11 is 0. The maximum Gasteiger partial charge on any atom is 0.253 e. The second-order valence-electron chi connectivity index (χ2n) is 7.72. The minimum Gasteiger partial charge on any atom is -0.348 e. The van der Waals surface area contributed by atoms with Gasteiger partial charge in [-0.05, 0) is 36.1 Å². The Kier molecular flexibility index (Phi) is 4.24. The molecule has 5 nitrogen and oxygen atoms in total. The van der Waals surface area contributed by atoms with Crippen LogP contribution in [0, 0.1) is 0 Å². The molecule has 28 heavy (non-hydrogen) atoms. The van der Waals surface area contributed by atoms with Gasteiger partial charge in [0.05, 0.1) is 17.6 Å². The summed E-state index contributed by atoms with van der Waals surface area (Å²) in [5, 5.41) is 3.68. The van der Waals surface area contributed by atoms with Gasteiger partial charge in [-0.3, -0.25) is 4.79 Å². The summed E-state index contributed by atoms with van der Waals surface area (Å²) in [5.41, 5.74) is 5.37. The number of imidazole rings is 1. The first-order chi connectivity index (χ1) is 13.8. The van der Waals surface area contributed by atoms with Gasteiger partial charge in [0, 0.05) is 37.3 Å². The van der Waals surface area contributed by atoms with Crippen molar-refractivity contribution in [1.29, 1.82) is 0 Å². The van der Waals surface area contributed by atoms with Crippen molar-refractivity contribution in [2.75, 3.05) is 19.6 Å². The van der Waals surface area contributed by atoms with Gasteiger partial charge in [-0.15, -0.1) is 0 Å². The number of carbonyl (C=O) groups excluding carboxylic acids is 1. The largest absolute Gasteiger partial charge is 0.348 e. The number of benzene rings is 2. The number of likely N-dealkylation sites (tertiary alicyclic amines) is 1. The molecule has 0 unspecified atom stereocenters. The number of piperidine rings is 1. The third-order valence-corrected chi connectivity index (χ3v) is 6.15. The highest BCUT2D eigenvalue weighted by Crippen LogP contribution is 2.36. The molecule has 2 aliphatic rings. The van der Waals surface area contributed by atoms with E-state index in [0.29, 0.717) is 0 Å². The zero-order valence-electron chi connectivity index (χ0n) is 15.8. The van der Waals surface area contributed by atoms with E-state index in [1.165, 1.54) is 11.3 Å². The summed E-state index contributed by atoms with van der Waals surface area (Å²) in [6.07, 6.45) is 4.59. The average molecular weight is 372 g/mol. The third kappa shape index (κ3) is 2.92. The van der Waals surface area contributed by atoms with Crippen LogP contribution >= 0.6 is 0 Å². The molecule has 2 aromatic carbocycles. The fourth-order valence-electron chi connectivity index (χ4n) is 4.56. The quantitative estimate of drug-likeness (QED) is 0.725. The van der Waals surface area contributed by atoms with Crippen LogP contribution in [0.2, 0.25) is 0 Å². The van der Waals surface area contributed by atoms with Gasteiger partial charge in [-0.1, -0.05) is 42.5 Å². The maximum atomic E-state index is 13.0. The summed E-state index contributed by atoms with van der Waals surface area (Å²) in [4.78, 5) is 22.8. The lowest BCUT2D eigenvalue weighted by Gasteiger charge is -2.44. The van der Waals surface area contributed by atoms with Gasteiger partial charge >= 0.3 is 0 Å². The molecule has 0 aliphatic carbocycles. The van der Waals surface area contributed by atoms with Crippen LogP contribution in [0.15, 0.2) is 60.9 Å². The molecule has 1 spiro atoms. The van der Waals surface area contributed by atoms with E-state index in [0.717, 1.165) is 55.7 Å². The predicted octanol–water partition coefficient (Wildman–Crippen LogP) is 3.35. The predicted molar refractivity (Wildman–Crippen MR) is 109 cm³/mol. The van der Waals surface area contributed by atoms with Crippen LogP contribution < -0.4 is 5.32 Å². The Balaban J connectivity index is 1.29. The smallest absolute Gasteiger partial charge is 0.253 e. The van der Waals surface area contributed by atoms with Crippen molar-refractivity contribution < 1.29 is 4.79 Å². The van der Waals surface area contributed by atoms with Crippen molar-refractivity contribution in [3.8, 4) is 11.1 Å². The lowest BCUT2D eigenvalue weighted by Crippen LogP contribution is -2.55. The molecule has 2 aliphatic heterocycles. The minimum absolute atomic E-state index is 0.0818. The minimum atomic E-state index is -0.0818. The first-order valence-electron chi connectivity index (χ1n) is 9.98. The van der Waals surface area contributed by atoms with Crippen molar-refractivity contribution in [3.63, 3.8) is 0 Å². The molecule has 5 heteroatoms. The number of nitrogens with one attached hydrogen (secondary N) is 2. The summed E-state index contributed by atoms with van der Waals surface area (Å²) in [6.45, 7) is 2.46. The van der Waals surface area contributed by atoms with Crippen LogP contribution in [-0.2, 0) is 12.0 Å². The van der Waals surface area contributed by atoms with Gasteiger partial charge < -0.3 is 15.2 Å². The van der Waals surface area contributed by atoms with E-state index in [1.54, 1.807) is 6.33 Å². The summed E-state index contributed by atoms with van der Waals surface area (Å²) in [7, 11) is 0. The second-order valence-corrected chi connectivity index (χ2v) is 7.72. The number of amides is 1. The van der Waals surface area contributed by atoms with Crippen LogP contribution in [-0.4, -0.2) is 40.4 Å². The van der Waals surface area contributed by atoms with Crippen LogP contribution in [0.25, 0.3) is 11.1 Å². The van der Waals surface area contributed by atoms with Gasteiger partial charge in [0.25, 0.3) is 5.91 Å². The van der Waals surface area contributed by atoms with E-state index in [4.69, 9.17) is 0 Å². The topological polar surface area (TPSA) is 61.0 Å². The Labute approximate surface area is 164 Å². The molecule has 0 saturated carbocycles. The number of carbonyl (C=O) groups is 1. The fourth-order valence-corrected chi connectivity index (χ4v) is 4.56. The first-order valence-corrected chi connectivity index (χ1v) is 9.98. The molecule has 1 aromatic heterocycles. The van der Waals surface area contributed by atoms with Crippen LogP contribution in [0.1, 0.15) is 34.6 Å². The SMILES string of the molecule is O=C(c1ccc(-c2ccccc2)cc1)N1CCC2(CC1)NCCc1[nH]cnc12. The molecule has 1 amide bonds. The normalized spacial score (nSPS) is 18.1. The van der Waals surface area contributed by atoms with E-state index in [1.807, 2.05) is 47.4 Å². The monoisotopic (exact) mass is 372 g/mol. The highest BCUT2D eigenvalue weighted by atomic mass is 16.2. The molecule has 5 rings (SSSR count). The fraction of sp³-hybridized carbons (Fsp3) is 0.304.